The lowest BCUT2D eigenvalue weighted by atomic mass is 10.1. The lowest BCUT2D eigenvalue weighted by Crippen LogP contribution is -2.38. The van der Waals surface area contributed by atoms with E-state index in [9.17, 15) is 4.39 Å². The monoisotopic (exact) mass is 337 g/mol. The normalized spacial score (nSPS) is 14.0. The summed E-state index contributed by atoms with van der Waals surface area (Å²) in [4.78, 5) is 0. The maximum atomic E-state index is 13.3. The highest BCUT2D eigenvalue weighted by atomic mass is 19.1. The lowest BCUT2D eigenvalue weighted by Gasteiger charge is -2.04. The zero-order chi connectivity index (χ0) is 17.2. The summed E-state index contributed by atoms with van der Waals surface area (Å²) in [6.07, 6.45) is 6.84. The van der Waals surface area contributed by atoms with Crippen LogP contribution in [0.3, 0.4) is 0 Å². The number of benzene rings is 2. The molecular formula is C21H22FN2O+. The fourth-order valence-corrected chi connectivity index (χ4v) is 3.59. The van der Waals surface area contributed by atoms with Gasteiger partial charge in [0, 0.05) is 12.0 Å². The second-order valence-electron chi connectivity index (χ2n) is 6.47. The molecular weight excluding hydrogens is 315 g/mol. The first-order chi connectivity index (χ1) is 12.3. The van der Waals surface area contributed by atoms with E-state index in [0.717, 1.165) is 35.7 Å². The van der Waals surface area contributed by atoms with Crippen LogP contribution >= 0.6 is 0 Å². The van der Waals surface area contributed by atoms with Crippen LogP contribution in [0.2, 0.25) is 0 Å². The molecule has 0 radical (unpaired) electrons. The van der Waals surface area contributed by atoms with Gasteiger partial charge in [-0.3, -0.25) is 0 Å². The fourth-order valence-electron chi connectivity index (χ4n) is 3.59. The lowest BCUT2D eigenvalue weighted by molar-refractivity contribution is -0.692. The third-order valence-electron chi connectivity index (χ3n) is 4.90. The Morgan fingerprint density at radius 2 is 1.72 bits per heavy atom. The number of hydrogen-bond donors (Lipinski definition) is 0. The number of fused-ring (bicyclic) bond motifs is 1. The van der Waals surface area contributed by atoms with Crippen molar-refractivity contribution in [2.45, 2.75) is 32.2 Å². The van der Waals surface area contributed by atoms with Crippen molar-refractivity contribution in [3.63, 3.8) is 0 Å². The first-order valence-corrected chi connectivity index (χ1v) is 8.81. The Balaban J connectivity index is 1.85. The van der Waals surface area contributed by atoms with Gasteiger partial charge in [0.2, 0.25) is 0 Å². The van der Waals surface area contributed by atoms with Crippen LogP contribution in [0.15, 0.2) is 54.7 Å². The van der Waals surface area contributed by atoms with Crippen molar-refractivity contribution < 1.29 is 13.7 Å². The summed E-state index contributed by atoms with van der Waals surface area (Å²) in [6.45, 7) is 1.01. The average molecular weight is 337 g/mol. The SMILES string of the molecule is COc1ccc(-n2cc(-c3ccc(F)cc3)[n+]3c2CCCCC3)cc1. The summed E-state index contributed by atoms with van der Waals surface area (Å²) in [5.74, 6) is 1.96. The number of halogens is 1. The molecule has 3 aromatic rings. The van der Waals surface area contributed by atoms with E-state index >= 15 is 0 Å². The minimum Gasteiger partial charge on any atom is -0.497 e. The highest BCUT2D eigenvalue weighted by molar-refractivity contribution is 5.56. The minimum absolute atomic E-state index is 0.200. The van der Waals surface area contributed by atoms with Crippen molar-refractivity contribution >= 4 is 0 Å². The van der Waals surface area contributed by atoms with Gasteiger partial charge in [0.15, 0.2) is 5.69 Å². The maximum absolute atomic E-state index is 13.3. The molecule has 0 fully saturated rings. The second-order valence-corrected chi connectivity index (χ2v) is 6.47. The van der Waals surface area contributed by atoms with Gasteiger partial charge >= 0.3 is 0 Å². The molecule has 4 rings (SSSR count). The number of aromatic nitrogens is 2. The van der Waals surface area contributed by atoms with Gasteiger partial charge in [-0.05, 0) is 67.8 Å². The van der Waals surface area contributed by atoms with E-state index in [1.165, 1.54) is 37.2 Å². The van der Waals surface area contributed by atoms with Gasteiger partial charge < -0.3 is 4.74 Å². The highest BCUT2D eigenvalue weighted by Crippen LogP contribution is 2.24. The van der Waals surface area contributed by atoms with E-state index in [4.69, 9.17) is 4.74 Å². The third kappa shape index (κ3) is 3.04. The molecule has 0 spiro atoms. The van der Waals surface area contributed by atoms with Crippen LogP contribution in [-0.4, -0.2) is 11.7 Å². The van der Waals surface area contributed by atoms with Crippen LogP contribution in [-0.2, 0) is 13.0 Å². The molecule has 1 aliphatic heterocycles. The highest BCUT2D eigenvalue weighted by Gasteiger charge is 2.26. The minimum atomic E-state index is -0.200. The Morgan fingerprint density at radius 1 is 0.960 bits per heavy atom. The summed E-state index contributed by atoms with van der Waals surface area (Å²) < 4.78 is 23.3. The maximum Gasteiger partial charge on any atom is 0.262 e. The van der Waals surface area contributed by atoms with Crippen LogP contribution < -0.4 is 9.30 Å². The molecule has 0 unspecified atom stereocenters. The van der Waals surface area contributed by atoms with Crippen LogP contribution in [0.5, 0.6) is 5.75 Å². The summed E-state index contributed by atoms with van der Waals surface area (Å²) in [5, 5.41) is 0. The number of nitrogens with zero attached hydrogens (tertiary/aromatic N) is 2. The van der Waals surface area contributed by atoms with Gasteiger partial charge in [-0.25, -0.2) is 8.96 Å². The topological polar surface area (TPSA) is 18.0 Å². The van der Waals surface area contributed by atoms with Gasteiger partial charge in [0.1, 0.15) is 23.5 Å². The molecule has 0 aliphatic carbocycles. The Kier molecular flexibility index (Phi) is 4.26. The summed E-state index contributed by atoms with van der Waals surface area (Å²) in [7, 11) is 1.68. The van der Waals surface area contributed by atoms with E-state index in [2.05, 4.69) is 27.5 Å². The predicted octanol–water partition coefficient (Wildman–Crippen LogP) is 4.31. The van der Waals surface area contributed by atoms with Crippen molar-refractivity contribution in [1.29, 1.82) is 0 Å². The molecule has 25 heavy (non-hydrogen) atoms. The first kappa shape index (κ1) is 15.9. The van der Waals surface area contributed by atoms with Crippen molar-refractivity contribution in [2.75, 3.05) is 7.11 Å². The number of rotatable bonds is 3. The first-order valence-electron chi connectivity index (χ1n) is 8.81. The van der Waals surface area contributed by atoms with Crippen LogP contribution in [0.4, 0.5) is 4.39 Å². The molecule has 0 N–H and O–H groups in total. The van der Waals surface area contributed by atoms with Crippen molar-refractivity contribution in [3.8, 4) is 22.7 Å². The molecule has 0 bridgehead atoms. The molecule has 1 aromatic heterocycles. The van der Waals surface area contributed by atoms with Crippen molar-refractivity contribution in [2.24, 2.45) is 0 Å². The Bertz CT molecular complexity index is 866. The fraction of sp³-hybridized carbons (Fsp3) is 0.286. The predicted molar refractivity (Wildman–Crippen MR) is 95.5 cm³/mol. The van der Waals surface area contributed by atoms with E-state index in [-0.39, 0.29) is 5.82 Å². The Labute approximate surface area is 147 Å². The van der Waals surface area contributed by atoms with Gasteiger partial charge in [-0.2, -0.15) is 4.57 Å². The molecule has 128 valence electrons. The second kappa shape index (κ2) is 6.71. The molecule has 3 nitrogen and oxygen atoms in total. The van der Waals surface area contributed by atoms with E-state index in [1.807, 2.05) is 24.3 Å². The van der Waals surface area contributed by atoms with E-state index in [0.29, 0.717) is 0 Å². The van der Waals surface area contributed by atoms with Crippen LogP contribution in [0, 0.1) is 5.82 Å². The van der Waals surface area contributed by atoms with Crippen molar-refractivity contribution in [3.05, 3.63) is 66.4 Å². The number of methoxy groups -OCH3 is 1. The Morgan fingerprint density at radius 3 is 2.44 bits per heavy atom. The number of ether oxygens (including phenoxy) is 1. The number of hydrogen-bond acceptors (Lipinski definition) is 1. The van der Waals surface area contributed by atoms with Crippen molar-refractivity contribution in [1.82, 2.24) is 4.57 Å². The van der Waals surface area contributed by atoms with Gasteiger partial charge in [-0.1, -0.05) is 0 Å². The average Bonchev–Trinajstić information content (AvgIpc) is 2.84. The number of imidazole rings is 1. The molecule has 0 saturated heterocycles. The van der Waals surface area contributed by atoms with E-state index in [1.54, 1.807) is 7.11 Å². The molecule has 1 aliphatic rings. The molecule has 0 saturated carbocycles. The summed E-state index contributed by atoms with van der Waals surface area (Å²) >= 11 is 0. The molecule has 0 atom stereocenters. The van der Waals surface area contributed by atoms with Crippen LogP contribution in [0.25, 0.3) is 16.9 Å². The summed E-state index contributed by atoms with van der Waals surface area (Å²) in [6, 6.07) is 14.9. The van der Waals surface area contributed by atoms with Gasteiger partial charge in [0.05, 0.1) is 13.7 Å². The Hall–Kier alpha value is -2.62. The zero-order valence-electron chi connectivity index (χ0n) is 14.4. The summed E-state index contributed by atoms with van der Waals surface area (Å²) in [5.41, 5.74) is 3.32. The largest absolute Gasteiger partial charge is 0.497 e. The molecule has 0 amide bonds. The van der Waals surface area contributed by atoms with E-state index < -0.39 is 0 Å². The molecule has 2 aromatic carbocycles. The quantitative estimate of drug-likeness (QED) is 0.652. The molecule has 4 heteroatoms. The van der Waals surface area contributed by atoms with Crippen LogP contribution in [0.1, 0.15) is 25.1 Å². The van der Waals surface area contributed by atoms with Gasteiger partial charge in [0.25, 0.3) is 5.82 Å². The zero-order valence-corrected chi connectivity index (χ0v) is 14.4. The molecule has 2 heterocycles. The standard InChI is InChI=1S/C21H22FN2O/c1-25-19-12-10-18(11-13-19)24-15-20(16-6-8-17(22)9-7-16)23-14-4-2-3-5-21(23)24/h6-13,15H,2-5,14H2,1H3/q+1. The smallest absolute Gasteiger partial charge is 0.262 e. The third-order valence-corrected chi connectivity index (χ3v) is 4.90. The van der Waals surface area contributed by atoms with Gasteiger partial charge in [-0.15, -0.1) is 0 Å².